The summed E-state index contributed by atoms with van der Waals surface area (Å²) in [5.41, 5.74) is 2.89. The highest BCUT2D eigenvalue weighted by atomic mass is 35.5. The van der Waals surface area contributed by atoms with Crippen LogP contribution in [0, 0.1) is 0 Å². The molecule has 1 fully saturated rings. The third-order valence-electron chi connectivity index (χ3n) is 7.01. The van der Waals surface area contributed by atoms with Gasteiger partial charge in [-0.3, -0.25) is 4.79 Å². The number of halogens is 1. The van der Waals surface area contributed by atoms with Gasteiger partial charge in [0.1, 0.15) is 5.56 Å². The number of hydrogen-bond acceptors (Lipinski definition) is 8. The maximum Gasteiger partial charge on any atom is 0.341 e. The number of fused-ring (bicyclic) bond motifs is 1. The molecule has 2 aromatic carbocycles. The van der Waals surface area contributed by atoms with E-state index in [1.54, 1.807) is 18.8 Å². The molecule has 1 saturated heterocycles. The molecule has 0 atom stereocenters. The van der Waals surface area contributed by atoms with Gasteiger partial charge in [0.05, 0.1) is 39.8 Å². The van der Waals surface area contributed by atoms with Crippen LogP contribution in [0.2, 0.25) is 5.02 Å². The van der Waals surface area contributed by atoms with Crippen molar-refractivity contribution in [2.75, 3.05) is 63.4 Å². The van der Waals surface area contributed by atoms with Crippen LogP contribution in [0.1, 0.15) is 23.2 Å². The largest absolute Gasteiger partial charge is 0.477 e. The average Bonchev–Trinajstić information content (AvgIpc) is 3.63. The monoisotopic (exact) mass is 582 g/mol. The summed E-state index contributed by atoms with van der Waals surface area (Å²) >= 11 is 8.24. The number of carbonyl (C=O) groups is 1. The number of carboxylic acid groups (broad SMARTS) is 1. The molecule has 11 heteroatoms. The van der Waals surface area contributed by atoms with Gasteiger partial charge in [-0.25, -0.2) is 9.78 Å². The zero-order valence-electron chi connectivity index (χ0n) is 22.4. The minimum atomic E-state index is -1.28. The molecule has 0 bridgehead atoms. The van der Waals surface area contributed by atoms with Crippen molar-refractivity contribution in [2.24, 2.45) is 0 Å². The highest BCUT2D eigenvalue weighted by Crippen LogP contribution is 2.35. The highest BCUT2D eigenvalue weighted by Gasteiger charge is 2.19. The van der Waals surface area contributed by atoms with Gasteiger partial charge in [0, 0.05) is 63.9 Å². The van der Waals surface area contributed by atoms with Crippen LogP contribution in [0.3, 0.4) is 0 Å². The summed E-state index contributed by atoms with van der Waals surface area (Å²) in [6.07, 6.45) is 3.65. The van der Waals surface area contributed by atoms with E-state index in [1.165, 1.54) is 23.6 Å². The number of ether oxygens (including phenoxy) is 2. The first-order chi connectivity index (χ1) is 19.4. The lowest BCUT2D eigenvalue weighted by Gasteiger charge is -2.20. The maximum atomic E-state index is 12.8. The SMILES string of the molecule is COCCN(CCOC)c1nc2ccc(-n3cc(C(=O)O)c(=O)cc3-c3ccc(N4CCCC4)c(Cl)c3)cc2s1. The van der Waals surface area contributed by atoms with Gasteiger partial charge in [0.15, 0.2) is 10.6 Å². The minimum Gasteiger partial charge on any atom is -0.477 e. The Kier molecular flexibility index (Phi) is 8.70. The number of pyridine rings is 1. The molecular weight excluding hydrogens is 552 g/mol. The van der Waals surface area contributed by atoms with Crippen LogP contribution in [0.15, 0.2) is 53.5 Å². The molecule has 1 aliphatic rings. The van der Waals surface area contributed by atoms with E-state index in [0.29, 0.717) is 42.7 Å². The summed E-state index contributed by atoms with van der Waals surface area (Å²) in [6.45, 7) is 4.38. The number of anilines is 2. The number of methoxy groups -OCH3 is 2. The molecule has 9 nitrogen and oxygen atoms in total. The molecule has 0 spiro atoms. The number of rotatable bonds is 11. The van der Waals surface area contributed by atoms with Gasteiger partial charge in [0.25, 0.3) is 0 Å². The Labute approximate surface area is 241 Å². The molecule has 5 rings (SSSR count). The third kappa shape index (κ3) is 5.85. The van der Waals surface area contributed by atoms with Crippen LogP contribution in [0.4, 0.5) is 10.8 Å². The van der Waals surface area contributed by atoms with E-state index in [9.17, 15) is 14.7 Å². The molecule has 210 valence electrons. The Morgan fingerprint density at radius 1 is 1.07 bits per heavy atom. The number of hydrogen-bond donors (Lipinski definition) is 1. The van der Waals surface area contributed by atoms with Crippen LogP contribution in [0.5, 0.6) is 0 Å². The fraction of sp³-hybridized carbons (Fsp3) is 0.345. The molecule has 40 heavy (non-hydrogen) atoms. The van der Waals surface area contributed by atoms with Crippen molar-refractivity contribution in [1.82, 2.24) is 9.55 Å². The maximum absolute atomic E-state index is 12.8. The lowest BCUT2D eigenvalue weighted by molar-refractivity contribution is 0.0695. The third-order valence-corrected chi connectivity index (χ3v) is 8.39. The van der Waals surface area contributed by atoms with E-state index in [1.807, 2.05) is 36.4 Å². The number of nitrogens with zero attached hydrogens (tertiary/aromatic N) is 4. The normalized spacial score (nSPS) is 13.3. The number of thiazole rings is 1. The molecule has 0 saturated carbocycles. The second kappa shape index (κ2) is 12.4. The van der Waals surface area contributed by atoms with Crippen LogP contribution in [0.25, 0.3) is 27.2 Å². The van der Waals surface area contributed by atoms with Gasteiger partial charge in [-0.15, -0.1) is 0 Å². The zero-order valence-corrected chi connectivity index (χ0v) is 24.0. The van der Waals surface area contributed by atoms with Crippen LogP contribution in [-0.2, 0) is 9.47 Å². The molecule has 0 amide bonds. The van der Waals surface area contributed by atoms with Crippen molar-refractivity contribution < 1.29 is 19.4 Å². The van der Waals surface area contributed by atoms with Crippen LogP contribution in [-0.4, -0.2) is 74.2 Å². The Bertz CT molecular complexity index is 1570. The Hall–Kier alpha value is -3.44. The second-order valence-electron chi connectivity index (χ2n) is 9.59. The second-order valence-corrected chi connectivity index (χ2v) is 11.0. The van der Waals surface area contributed by atoms with Gasteiger partial charge >= 0.3 is 5.97 Å². The lowest BCUT2D eigenvalue weighted by Crippen LogP contribution is -2.30. The van der Waals surface area contributed by atoms with E-state index in [2.05, 4.69) is 9.80 Å². The lowest BCUT2D eigenvalue weighted by atomic mass is 10.1. The fourth-order valence-corrected chi connectivity index (χ4v) is 6.25. The van der Waals surface area contributed by atoms with Crippen molar-refractivity contribution in [2.45, 2.75) is 12.8 Å². The summed E-state index contributed by atoms with van der Waals surface area (Å²) < 4.78 is 13.2. The van der Waals surface area contributed by atoms with Gasteiger partial charge in [0.2, 0.25) is 0 Å². The predicted molar refractivity (Wildman–Crippen MR) is 160 cm³/mol. The number of aromatic carboxylic acids is 1. The first-order valence-corrected chi connectivity index (χ1v) is 14.3. The predicted octanol–water partition coefficient (Wildman–Crippen LogP) is 5.17. The summed E-state index contributed by atoms with van der Waals surface area (Å²) in [5.74, 6) is -1.28. The van der Waals surface area contributed by atoms with Crippen molar-refractivity contribution in [3.8, 4) is 16.9 Å². The van der Waals surface area contributed by atoms with Gasteiger partial charge in [-0.05, 0) is 43.2 Å². The molecule has 3 heterocycles. The Balaban J connectivity index is 1.58. The molecule has 4 aromatic rings. The molecule has 0 radical (unpaired) electrons. The summed E-state index contributed by atoms with van der Waals surface area (Å²) in [6, 6.07) is 12.8. The fourth-order valence-electron chi connectivity index (χ4n) is 4.90. The minimum absolute atomic E-state index is 0.307. The summed E-state index contributed by atoms with van der Waals surface area (Å²) in [5, 5.41) is 11.1. The molecule has 0 unspecified atom stereocenters. The number of carboxylic acids is 1. The first-order valence-electron chi connectivity index (χ1n) is 13.1. The van der Waals surface area contributed by atoms with Crippen molar-refractivity contribution in [1.29, 1.82) is 0 Å². The van der Waals surface area contributed by atoms with Gasteiger partial charge in [-0.1, -0.05) is 29.0 Å². The zero-order chi connectivity index (χ0) is 28.2. The molecule has 2 aromatic heterocycles. The molecule has 1 aliphatic heterocycles. The van der Waals surface area contributed by atoms with E-state index in [-0.39, 0.29) is 5.56 Å². The van der Waals surface area contributed by atoms with Crippen molar-refractivity contribution >= 4 is 49.9 Å². The first kappa shape index (κ1) is 28.1. The summed E-state index contributed by atoms with van der Waals surface area (Å²) in [7, 11) is 3.33. The smallest absolute Gasteiger partial charge is 0.341 e. The van der Waals surface area contributed by atoms with Crippen molar-refractivity contribution in [3.05, 3.63) is 69.5 Å². The van der Waals surface area contributed by atoms with E-state index >= 15 is 0 Å². The Morgan fingerprint density at radius 2 is 1.80 bits per heavy atom. The molecule has 0 aliphatic carbocycles. The molecular formula is C29H31ClN4O5S. The molecule has 1 N–H and O–H groups in total. The average molecular weight is 583 g/mol. The standard InChI is InChI=1S/C29H31ClN4O5S/c1-38-13-11-33(12-14-39-2)29-31-23-7-6-20(16-27(23)40-29)34-18-21(28(36)37)26(35)17-25(34)19-5-8-24(22(30)15-19)32-9-3-4-10-32/h5-8,15-18H,3-4,9-14H2,1-2H3,(H,36,37). The summed E-state index contributed by atoms with van der Waals surface area (Å²) in [4.78, 5) is 33.9. The highest BCUT2D eigenvalue weighted by molar-refractivity contribution is 7.22. The number of benzene rings is 2. The van der Waals surface area contributed by atoms with Gasteiger partial charge in [-0.2, -0.15) is 0 Å². The van der Waals surface area contributed by atoms with Gasteiger partial charge < -0.3 is 28.9 Å². The van der Waals surface area contributed by atoms with E-state index < -0.39 is 11.4 Å². The number of aromatic nitrogens is 2. The van der Waals surface area contributed by atoms with Crippen LogP contribution >= 0.6 is 22.9 Å². The topological polar surface area (TPSA) is 97.1 Å². The van der Waals surface area contributed by atoms with Crippen molar-refractivity contribution in [3.63, 3.8) is 0 Å². The van der Waals surface area contributed by atoms with Crippen LogP contribution < -0.4 is 15.2 Å². The quantitative estimate of drug-likeness (QED) is 0.259. The van der Waals surface area contributed by atoms with E-state index in [0.717, 1.165) is 52.5 Å². The Morgan fingerprint density at radius 3 is 2.45 bits per heavy atom. The van der Waals surface area contributed by atoms with E-state index in [4.69, 9.17) is 26.1 Å².